The second kappa shape index (κ2) is 15.7. The van der Waals surface area contributed by atoms with Crippen molar-refractivity contribution in [2.45, 2.75) is 72.0 Å². The molecule has 0 aromatic heterocycles. The number of aryl methyl sites for hydroxylation is 1. The molecule has 0 radical (unpaired) electrons. The fourth-order valence-corrected chi connectivity index (χ4v) is 3.55. The summed E-state index contributed by atoms with van der Waals surface area (Å²) < 4.78 is 22.0. The summed E-state index contributed by atoms with van der Waals surface area (Å²) in [5.41, 5.74) is 4.01. The summed E-state index contributed by atoms with van der Waals surface area (Å²) >= 11 is 0. The molecule has 34 heavy (non-hydrogen) atoms. The van der Waals surface area contributed by atoms with Gasteiger partial charge in [-0.05, 0) is 87.4 Å². The third-order valence-corrected chi connectivity index (χ3v) is 5.31. The van der Waals surface area contributed by atoms with Gasteiger partial charge in [0.05, 0.1) is 12.2 Å². The van der Waals surface area contributed by atoms with E-state index in [9.17, 15) is 5.11 Å². The summed E-state index contributed by atoms with van der Waals surface area (Å²) in [4.78, 5) is 0. The average Bonchev–Trinajstić information content (AvgIpc) is 2.80. The Kier molecular flexibility index (Phi) is 12.9. The molecule has 5 heteroatoms. The maximum Gasteiger partial charge on any atom is 0.189 e. The molecule has 1 N–H and O–H groups in total. The van der Waals surface area contributed by atoms with Crippen molar-refractivity contribution < 1.29 is 24.1 Å². The van der Waals surface area contributed by atoms with E-state index in [0.29, 0.717) is 19.8 Å². The number of aliphatic hydroxyl groups is 1. The van der Waals surface area contributed by atoms with Gasteiger partial charge < -0.3 is 24.1 Å². The highest BCUT2D eigenvalue weighted by Crippen LogP contribution is 2.21. The largest absolute Gasteiger partial charge is 0.468 e. The molecule has 0 saturated carbocycles. The van der Waals surface area contributed by atoms with Crippen LogP contribution in [0.2, 0.25) is 0 Å². The summed E-state index contributed by atoms with van der Waals surface area (Å²) in [5, 5.41) is 9.84. The van der Waals surface area contributed by atoms with Gasteiger partial charge in [0.1, 0.15) is 12.5 Å². The molecule has 0 aliphatic rings. The van der Waals surface area contributed by atoms with Gasteiger partial charge in [-0.25, -0.2) is 0 Å². The van der Waals surface area contributed by atoms with Crippen LogP contribution in [-0.4, -0.2) is 37.5 Å². The first-order valence-electron chi connectivity index (χ1n) is 12.4. The molecule has 0 amide bonds. The maximum absolute atomic E-state index is 9.84. The lowest BCUT2D eigenvalue weighted by Gasteiger charge is -2.16. The van der Waals surface area contributed by atoms with Crippen LogP contribution in [0.15, 0.2) is 42.5 Å². The number of benzene rings is 2. The highest BCUT2D eigenvalue weighted by atomic mass is 16.7. The highest BCUT2D eigenvalue weighted by Gasteiger charge is 2.10. The number of hydrogen-bond acceptors (Lipinski definition) is 5. The van der Waals surface area contributed by atoms with Gasteiger partial charge in [-0.2, -0.15) is 0 Å². The predicted octanol–water partition coefficient (Wildman–Crippen LogP) is 6.61. The molecule has 0 saturated heterocycles. The van der Waals surface area contributed by atoms with Crippen LogP contribution in [-0.2, 0) is 27.2 Å². The topological polar surface area (TPSA) is 57.2 Å². The van der Waals surface area contributed by atoms with E-state index in [1.54, 1.807) is 0 Å². The van der Waals surface area contributed by atoms with E-state index in [2.05, 4.69) is 42.5 Å². The molecule has 0 aliphatic carbocycles. The van der Waals surface area contributed by atoms with Crippen LogP contribution >= 0.6 is 0 Å². The van der Waals surface area contributed by atoms with Crippen LogP contribution in [0.1, 0.15) is 75.6 Å². The monoisotopic (exact) mass is 470 g/mol. The zero-order valence-electron chi connectivity index (χ0n) is 21.3. The van der Waals surface area contributed by atoms with E-state index in [4.69, 9.17) is 18.9 Å². The van der Waals surface area contributed by atoms with Crippen LogP contribution < -0.4 is 4.74 Å². The van der Waals surface area contributed by atoms with Crippen molar-refractivity contribution in [2.24, 2.45) is 0 Å². The minimum atomic E-state index is -0.564. The van der Waals surface area contributed by atoms with Crippen molar-refractivity contribution in [1.82, 2.24) is 0 Å². The second-order valence-electron chi connectivity index (χ2n) is 9.08. The lowest BCUT2D eigenvalue weighted by atomic mass is 9.98. The first-order chi connectivity index (χ1) is 16.4. The first kappa shape index (κ1) is 28.1. The fraction of sp³-hybridized carbons (Fsp3) is 0.517. The van der Waals surface area contributed by atoms with Crippen LogP contribution in [0.5, 0.6) is 5.75 Å². The number of unbranched alkanes of at least 4 members (excludes halogenated alkanes) is 2. The molecule has 0 fully saturated rings. The number of ether oxygens (including phenoxy) is 4. The Morgan fingerprint density at radius 3 is 2.29 bits per heavy atom. The smallest absolute Gasteiger partial charge is 0.189 e. The van der Waals surface area contributed by atoms with Crippen LogP contribution in [0.25, 0.3) is 12.2 Å². The SMILES string of the molecule is CCOCOCc1cc(C=Cc2cccc(CCCCCC(C)(C)O)c2)cc(OCOCC)c1. The molecule has 0 heterocycles. The molecule has 2 rings (SSSR count). The molecule has 0 bridgehead atoms. The molecule has 0 spiro atoms. The Balaban J connectivity index is 2.00. The number of rotatable bonds is 17. The molecular weight excluding hydrogens is 428 g/mol. The van der Waals surface area contributed by atoms with Crippen LogP contribution in [0.3, 0.4) is 0 Å². The molecule has 2 aromatic rings. The first-order valence-corrected chi connectivity index (χ1v) is 12.4. The van der Waals surface area contributed by atoms with Crippen molar-refractivity contribution in [3.8, 4) is 5.75 Å². The van der Waals surface area contributed by atoms with Crippen molar-refractivity contribution in [2.75, 3.05) is 26.8 Å². The van der Waals surface area contributed by atoms with Gasteiger partial charge in [0.2, 0.25) is 0 Å². The third kappa shape index (κ3) is 12.3. The summed E-state index contributed by atoms with van der Waals surface area (Å²) in [7, 11) is 0. The summed E-state index contributed by atoms with van der Waals surface area (Å²) in [6.07, 6.45) is 9.45. The molecule has 0 atom stereocenters. The van der Waals surface area contributed by atoms with Crippen molar-refractivity contribution in [3.05, 3.63) is 64.7 Å². The van der Waals surface area contributed by atoms with E-state index >= 15 is 0 Å². The fourth-order valence-electron chi connectivity index (χ4n) is 3.55. The van der Waals surface area contributed by atoms with Crippen LogP contribution in [0.4, 0.5) is 0 Å². The van der Waals surface area contributed by atoms with Crippen molar-refractivity contribution in [1.29, 1.82) is 0 Å². The Morgan fingerprint density at radius 2 is 1.53 bits per heavy atom. The van der Waals surface area contributed by atoms with E-state index in [0.717, 1.165) is 49.0 Å². The lowest BCUT2D eigenvalue weighted by molar-refractivity contribution is -0.0572. The summed E-state index contributed by atoms with van der Waals surface area (Å²) in [6, 6.07) is 14.7. The van der Waals surface area contributed by atoms with Gasteiger partial charge in [0, 0.05) is 13.2 Å². The van der Waals surface area contributed by atoms with Crippen molar-refractivity contribution in [3.63, 3.8) is 0 Å². The van der Waals surface area contributed by atoms with E-state index in [1.807, 2.05) is 39.8 Å². The van der Waals surface area contributed by atoms with Gasteiger partial charge in [-0.15, -0.1) is 0 Å². The van der Waals surface area contributed by atoms with Gasteiger partial charge in [0.25, 0.3) is 0 Å². The van der Waals surface area contributed by atoms with Crippen LogP contribution in [0, 0.1) is 0 Å². The van der Waals surface area contributed by atoms with Gasteiger partial charge in [-0.1, -0.05) is 49.3 Å². The summed E-state index contributed by atoms with van der Waals surface area (Å²) in [5.74, 6) is 0.755. The molecule has 5 nitrogen and oxygen atoms in total. The lowest BCUT2D eigenvalue weighted by Crippen LogP contribution is -2.17. The average molecular weight is 471 g/mol. The second-order valence-corrected chi connectivity index (χ2v) is 9.08. The minimum Gasteiger partial charge on any atom is -0.468 e. The highest BCUT2D eigenvalue weighted by molar-refractivity contribution is 5.70. The molecule has 2 aromatic carbocycles. The maximum atomic E-state index is 9.84. The van der Waals surface area contributed by atoms with E-state index in [-0.39, 0.29) is 13.6 Å². The number of hydrogen-bond donors (Lipinski definition) is 1. The van der Waals surface area contributed by atoms with E-state index < -0.39 is 5.60 Å². The zero-order chi connectivity index (χ0) is 24.7. The molecule has 0 unspecified atom stereocenters. The summed E-state index contributed by atoms with van der Waals surface area (Å²) in [6.45, 7) is 9.83. The zero-order valence-corrected chi connectivity index (χ0v) is 21.3. The molecule has 188 valence electrons. The predicted molar refractivity (Wildman–Crippen MR) is 139 cm³/mol. The molecular formula is C29H42O5. The third-order valence-electron chi connectivity index (χ3n) is 5.31. The van der Waals surface area contributed by atoms with Gasteiger partial charge in [-0.3, -0.25) is 0 Å². The minimum absolute atomic E-state index is 0.223. The molecule has 0 aliphatic heterocycles. The standard InChI is InChI=1S/C29H42O5/c1-5-31-22-33-21-27-18-26(19-28(20-27)34-23-32-6-2)15-14-25-13-10-12-24(17-25)11-8-7-9-16-29(3,4)30/h10,12-15,17-20,30H,5-9,11,16,21-23H2,1-4H3. The normalized spacial score (nSPS) is 11.9. The van der Waals surface area contributed by atoms with Gasteiger partial charge >= 0.3 is 0 Å². The Bertz CT molecular complexity index is 854. The van der Waals surface area contributed by atoms with Crippen molar-refractivity contribution >= 4 is 12.2 Å². The quantitative estimate of drug-likeness (QED) is 0.160. The van der Waals surface area contributed by atoms with Gasteiger partial charge in [0.15, 0.2) is 6.79 Å². The Labute approximate surface area is 205 Å². The Hall–Kier alpha value is -2.18. The van der Waals surface area contributed by atoms with E-state index in [1.165, 1.54) is 11.1 Å². The Morgan fingerprint density at radius 1 is 0.794 bits per heavy atom.